The number of furan rings is 1. The predicted octanol–water partition coefficient (Wildman–Crippen LogP) is 4.31. The van der Waals surface area contributed by atoms with Gasteiger partial charge in [0, 0.05) is 18.5 Å². The standard InChI is InChI=1S/C15H22F3NO/c1-11(7-8-14-6-3-9-20-14)19-13-5-2-4-12(10-13)15(16,17)18/h3,6,9,11-13,19H,2,4-5,7-8,10H2,1H3. The van der Waals surface area contributed by atoms with Crippen molar-refractivity contribution in [1.29, 1.82) is 0 Å². The first-order chi connectivity index (χ1) is 9.45. The summed E-state index contributed by atoms with van der Waals surface area (Å²) < 4.78 is 43.5. The summed E-state index contributed by atoms with van der Waals surface area (Å²) in [6.07, 6.45) is 1.29. The molecule has 1 aliphatic carbocycles. The van der Waals surface area contributed by atoms with E-state index in [9.17, 15) is 13.2 Å². The van der Waals surface area contributed by atoms with E-state index in [0.29, 0.717) is 6.42 Å². The Balaban J connectivity index is 1.74. The third kappa shape index (κ3) is 4.54. The van der Waals surface area contributed by atoms with Crippen LogP contribution in [0.4, 0.5) is 13.2 Å². The zero-order valence-corrected chi connectivity index (χ0v) is 11.7. The second-order valence-electron chi connectivity index (χ2n) is 5.79. The molecule has 1 saturated carbocycles. The summed E-state index contributed by atoms with van der Waals surface area (Å²) in [5.41, 5.74) is 0. The molecular formula is C15H22F3NO. The molecule has 1 heterocycles. The van der Waals surface area contributed by atoms with Gasteiger partial charge in [-0.15, -0.1) is 0 Å². The fourth-order valence-electron chi connectivity index (χ4n) is 2.94. The number of rotatable bonds is 5. The van der Waals surface area contributed by atoms with E-state index in [0.717, 1.165) is 25.0 Å². The zero-order valence-electron chi connectivity index (χ0n) is 11.7. The summed E-state index contributed by atoms with van der Waals surface area (Å²) in [6, 6.07) is 3.97. The van der Waals surface area contributed by atoms with Crippen molar-refractivity contribution in [3.05, 3.63) is 24.2 Å². The van der Waals surface area contributed by atoms with Gasteiger partial charge in [0.1, 0.15) is 5.76 Å². The van der Waals surface area contributed by atoms with Crippen LogP contribution in [0.25, 0.3) is 0 Å². The monoisotopic (exact) mass is 289 g/mol. The lowest BCUT2D eigenvalue weighted by atomic mass is 9.85. The van der Waals surface area contributed by atoms with E-state index < -0.39 is 12.1 Å². The Morgan fingerprint density at radius 1 is 1.40 bits per heavy atom. The zero-order chi connectivity index (χ0) is 14.6. The average molecular weight is 289 g/mol. The lowest BCUT2D eigenvalue weighted by Gasteiger charge is -2.33. The average Bonchev–Trinajstić information content (AvgIpc) is 2.89. The highest BCUT2D eigenvalue weighted by Crippen LogP contribution is 2.37. The molecule has 1 aliphatic rings. The number of alkyl halides is 3. The van der Waals surface area contributed by atoms with Gasteiger partial charge >= 0.3 is 6.18 Å². The molecule has 0 radical (unpaired) electrons. The highest BCUT2D eigenvalue weighted by atomic mass is 19.4. The molecule has 3 unspecified atom stereocenters. The molecule has 114 valence electrons. The minimum Gasteiger partial charge on any atom is -0.469 e. The van der Waals surface area contributed by atoms with Gasteiger partial charge in [0.15, 0.2) is 0 Å². The Morgan fingerprint density at radius 2 is 2.20 bits per heavy atom. The van der Waals surface area contributed by atoms with Gasteiger partial charge in [-0.25, -0.2) is 0 Å². The lowest BCUT2D eigenvalue weighted by molar-refractivity contribution is -0.183. The normalized spacial score (nSPS) is 25.6. The summed E-state index contributed by atoms with van der Waals surface area (Å²) in [5.74, 6) is -0.207. The molecule has 0 amide bonds. The lowest BCUT2D eigenvalue weighted by Crippen LogP contribution is -2.42. The van der Waals surface area contributed by atoms with Crippen molar-refractivity contribution < 1.29 is 17.6 Å². The number of halogens is 3. The molecule has 0 aliphatic heterocycles. The molecule has 2 nitrogen and oxygen atoms in total. The third-order valence-corrected chi connectivity index (χ3v) is 4.06. The van der Waals surface area contributed by atoms with Crippen LogP contribution in [-0.4, -0.2) is 18.3 Å². The van der Waals surface area contributed by atoms with E-state index >= 15 is 0 Å². The molecule has 1 aromatic rings. The van der Waals surface area contributed by atoms with E-state index in [1.807, 2.05) is 19.1 Å². The van der Waals surface area contributed by atoms with Gasteiger partial charge in [-0.05, 0) is 44.7 Å². The fourth-order valence-corrected chi connectivity index (χ4v) is 2.94. The first-order valence-electron chi connectivity index (χ1n) is 7.30. The summed E-state index contributed by atoms with van der Waals surface area (Å²) >= 11 is 0. The van der Waals surface area contributed by atoms with Gasteiger partial charge in [-0.3, -0.25) is 0 Å². The summed E-state index contributed by atoms with van der Waals surface area (Å²) in [4.78, 5) is 0. The van der Waals surface area contributed by atoms with E-state index in [-0.39, 0.29) is 24.9 Å². The van der Waals surface area contributed by atoms with Crippen molar-refractivity contribution in [2.24, 2.45) is 5.92 Å². The number of hydrogen-bond donors (Lipinski definition) is 1. The molecule has 1 aromatic heterocycles. The SMILES string of the molecule is CC(CCc1ccco1)NC1CCCC(C(F)(F)F)C1. The fraction of sp³-hybridized carbons (Fsp3) is 0.733. The second-order valence-corrected chi connectivity index (χ2v) is 5.79. The number of nitrogens with one attached hydrogen (secondary N) is 1. The maximum absolute atomic E-state index is 12.7. The highest BCUT2D eigenvalue weighted by Gasteiger charge is 2.42. The maximum atomic E-state index is 12.7. The van der Waals surface area contributed by atoms with Crippen LogP contribution in [0.2, 0.25) is 0 Å². The van der Waals surface area contributed by atoms with Crippen LogP contribution < -0.4 is 5.32 Å². The topological polar surface area (TPSA) is 25.2 Å². The van der Waals surface area contributed by atoms with Gasteiger partial charge in [-0.2, -0.15) is 13.2 Å². The van der Waals surface area contributed by atoms with Gasteiger partial charge in [0.2, 0.25) is 0 Å². The van der Waals surface area contributed by atoms with Crippen molar-refractivity contribution in [2.45, 2.75) is 63.7 Å². The number of hydrogen-bond acceptors (Lipinski definition) is 2. The van der Waals surface area contributed by atoms with Crippen molar-refractivity contribution in [3.8, 4) is 0 Å². The molecule has 5 heteroatoms. The Morgan fingerprint density at radius 3 is 2.85 bits per heavy atom. The third-order valence-electron chi connectivity index (χ3n) is 4.06. The highest BCUT2D eigenvalue weighted by molar-refractivity contribution is 4.98. The summed E-state index contributed by atoms with van der Waals surface area (Å²) in [5, 5.41) is 3.34. The van der Waals surface area contributed by atoms with Gasteiger partial charge < -0.3 is 9.73 Å². The van der Waals surface area contributed by atoms with Crippen LogP contribution in [0, 0.1) is 5.92 Å². The first kappa shape index (κ1) is 15.4. The van der Waals surface area contributed by atoms with Crippen molar-refractivity contribution in [2.75, 3.05) is 0 Å². The quantitative estimate of drug-likeness (QED) is 0.873. The van der Waals surface area contributed by atoms with Crippen LogP contribution in [0.1, 0.15) is 44.8 Å². The first-order valence-corrected chi connectivity index (χ1v) is 7.30. The summed E-state index contributed by atoms with van der Waals surface area (Å²) in [7, 11) is 0. The molecule has 0 aromatic carbocycles. The van der Waals surface area contributed by atoms with Gasteiger partial charge in [-0.1, -0.05) is 6.42 Å². The van der Waals surface area contributed by atoms with Crippen molar-refractivity contribution in [1.82, 2.24) is 5.32 Å². The molecule has 0 spiro atoms. The number of aryl methyl sites for hydroxylation is 1. The van der Waals surface area contributed by atoms with E-state index in [4.69, 9.17) is 4.42 Å². The molecule has 1 fully saturated rings. The Kier molecular flexibility index (Phi) is 5.13. The van der Waals surface area contributed by atoms with Gasteiger partial charge in [0.25, 0.3) is 0 Å². The van der Waals surface area contributed by atoms with E-state index in [1.165, 1.54) is 0 Å². The van der Waals surface area contributed by atoms with Crippen molar-refractivity contribution >= 4 is 0 Å². The molecular weight excluding hydrogens is 267 g/mol. The van der Waals surface area contributed by atoms with Crippen LogP contribution >= 0.6 is 0 Å². The molecule has 3 atom stereocenters. The van der Waals surface area contributed by atoms with Crippen LogP contribution in [0.5, 0.6) is 0 Å². The van der Waals surface area contributed by atoms with E-state index in [1.54, 1.807) is 6.26 Å². The maximum Gasteiger partial charge on any atom is 0.391 e. The summed E-state index contributed by atoms with van der Waals surface area (Å²) in [6.45, 7) is 2.03. The molecule has 0 bridgehead atoms. The largest absolute Gasteiger partial charge is 0.469 e. The molecule has 2 rings (SSSR count). The predicted molar refractivity (Wildman–Crippen MR) is 71.4 cm³/mol. The minimum atomic E-state index is -4.04. The van der Waals surface area contributed by atoms with Crippen LogP contribution in [-0.2, 0) is 6.42 Å². The Bertz CT molecular complexity index is 388. The van der Waals surface area contributed by atoms with E-state index in [2.05, 4.69) is 5.32 Å². The van der Waals surface area contributed by atoms with Crippen LogP contribution in [0.15, 0.2) is 22.8 Å². The Labute approximate surface area is 117 Å². The molecule has 1 N–H and O–H groups in total. The Hall–Kier alpha value is -0.970. The smallest absolute Gasteiger partial charge is 0.391 e. The molecule has 20 heavy (non-hydrogen) atoms. The van der Waals surface area contributed by atoms with Gasteiger partial charge in [0.05, 0.1) is 12.2 Å². The molecule has 0 saturated heterocycles. The van der Waals surface area contributed by atoms with Crippen LogP contribution in [0.3, 0.4) is 0 Å². The van der Waals surface area contributed by atoms with Crippen molar-refractivity contribution in [3.63, 3.8) is 0 Å². The minimum absolute atomic E-state index is 0.0121. The second kappa shape index (κ2) is 6.66.